The molecule has 2 aromatic heterocycles. The molecule has 34 heavy (non-hydrogen) atoms. The summed E-state index contributed by atoms with van der Waals surface area (Å²) in [4.78, 5) is 20.8. The van der Waals surface area contributed by atoms with Crippen molar-refractivity contribution < 1.29 is 4.39 Å². The van der Waals surface area contributed by atoms with Gasteiger partial charge in [-0.3, -0.25) is 0 Å². The third-order valence-corrected chi connectivity index (χ3v) is 6.83. The smallest absolute Gasteiger partial charge is 0.228 e. The summed E-state index contributed by atoms with van der Waals surface area (Å²) in [5.74, 6) is 1.80. The average Bonchev–Trinajstić information content (AvgIpc) is 3.31. The minimum atomic E-state index is -0.449. The fourth-order valence-electron chi connectivity index (χ4n) is 4.63. The fraction of sp³-hybridized carbons (Fsp3) is 0.360. The van der Waals surface area contributed by atoms with Crippen molar-refractivity contribution in [3.63, 3.8) is 0 Å². The Balaban J connectivity index is 1.45. The maximum Gasteiger partial charge on any atom is 0.228 e. The van der Waals surface area contributed by atoms with E-state index in [1.807, 2.05) is 6.07 Å². The summed E-state index contributed by atoms with van der Waals surface area (Å²) in [5.41, 5.74) is 2.06. The van der Waals surface area contributed by atoms with Gasteiger partial charge in [-0.2, -0.15) is 10.2 Å². The Kier molecular flexibility index (Phi) is 6.20. The van der Waals surface area contributed by atoms with Crippen LogP contribution in [0.5, 0.6) is 0 Å². The van der Waals surface area contributed by atoms with E-state index in [0.717, 1.165) is 68.5 Å². The zero-order chi connectivity index (χ0) is 23.7. The molecule has 7 nitrogen and oxygen atoms in total. The number of piperazine rings is 1. The number of aromatic nitrogens is 3. The maximum absolute atomic E-state index is 13.8. The van der Waals surface area contributed by atoms with Crippen molar-refractivity contribution in [3.8, 4) is 17.3 Å². The molecule has 0 amide bonds. The van der Waals surface area contributed by atoms with Gasteiger partial charge in [0.05, 0.1) is 16.3 Å². The van der Waals surface area contributed by atoms with Gasteiger partial charge in [0.15, 0.2) is 0 Å². The first-order chi connectivity index (χ1) is 16.5. The lowest BCUT2D eigenvalue weighted by molar-refractivity contribution is 0.628. The zero-order valence-electron chi connectivity index (χ0n) is 19.0. The quantitative estimate of drug-likeness (QED) is 0.547. The van der Waals surface area contributed by atoms with Gasteiger partial charge in [-0.1, -0.05) is 11.6 Å². The highest BCUT2D eigenvalue weighted by Gasteiger charge is 2.26. The van der Waals surface area contributed by atoms with Gasteiger partial charge < -0.3 is 14.7 Å². The third-order valence-electron chi connectivity index (χ3n) is 6.54. The molecule has 0 aliphatic carbocycles. The molecule has 5 rings (SSSR count). The highest BCUT2D eigenvalue weighted by Crippen LogP contribution is 2.31. The molecule has 0 saturated carbocycles. The van der Waals surface area contributed by atoms with Crippen molar-refractivity contribution in [2.75, 3.05) is 47.4 Å². The summed E-state index contributed by atoms with van der Waals surface area (Å²) in [5, 5.41) is 9.50. The molecule has 2 saturated heterocycles. The van der Waals surface area contributed by atoms with Crippen LogP contribution in [0.1, 0.15) is 25.3 Å². The van der Waals surface area contributed by atoms with E-state index < -0.39 is 5.82 Å². The molecule has 4 heterocycles. The van der Waals surface area contributed by atoms with Gasteiger partial charge in [0, 0.05) is 56.6 Å². The number of pyridine rings is 1. The monoisotopic (exact) mass is 477 g/mol. The molecule has 1 aromatic carbocycles. The number of nitrogens with zero attached hydrogens (tertiary/aromatic N) is 7. The minimum absolute atomic E-state index is 0.0750. The Morgan fingerprint density at radius 3 is 2.56 bits per heavy atom. The molecule has 2 aliphatic rings. The van der Waals surface area contributed by atoms with Crippen LogP contribution in [0.25, 0.3) is 11.3 Å². The Morgan fingerprint density at radius 2 is 1.85 bits per heavy atom. The highest BCUT2D eigenvalue weighted by molar-refractivity contribution is 6.31. The van der Waals surface area contributed by atoms with E-state index in [9.17, 15) is 9.65 Å². The van der Waals surface area contributed by atoms with Gasteiger partial charge in [-0.15, -0.1) is 0 Å². The van der Waals surface area contributed by atoms with Gasteiger partial charge in [0.1, 0.15) is 23.5 Å². The molecular formula is C25H25ClFN7. The number of hydrogen-bond acceptors (Lipinski definition) is 7. The molecule has 3 aromatic rings. The lowest BCUT2D eigenvalue weighted by atomic mass is 10.1. The lowest BCUT2D eigenvalue weighted by Crippen LogP contribution is -2.47. The van der Waals surface area contributed by atoms with Crippen LogP contribution in [0.3, 0.4) is 0 Å². The zero-order valence-corrected chi connectivity index (χ0v) is 19.7. The molecule has 174 valence electrons. The van der Waals surface area contributed by atoms with Crippen molar-refractivity contribution in [2.24, 2.45) is 0 Å². The molecule has 2 aliphatic heterocycles. The van der Waals surface area contributed by atoms with Crippen LogP contribution in [0.4, 0.5) is 22.0 Å². The molecule has 9 heteroatoms. The summed E-state index contributed by atoms with van der Waals surface area (Å²) >= 11 is 6.07. The van der Waals surface area contributed by atoms with Crippen molar-refractivity contribution in [1.29, 1.82) is 5.26 Å². The molecule has 0 N–H and O–H groups in total. The highest BCUT2D eigenvalue weighted by atomic mass is 35.5. The molecule has 1 unspecified atom stereocenters. The van der Waals surface area contributed by atoms with Crippen molar-refractivity contribution in [1.82, 2.24) is 15.0 Å². The molecule has 0 spiro atoms. The first-order valence-corrected chi connectivity index (χ1v) is 11.9. The molecule has 0 bridgehead atoms. The van der Waals surface area contributed by atoms with E-state index >= 15 is 0 Å². The maximum atomic E-state index is 13.8. The largest absolute Gasteiger partial charge is 0.353 e. The van der Waals surface area contributed by atoms with Crippen LogP contribution < -0.4 is 14.7 Å². The number of rotatable bonds is 4. The summed E-state index contributed by atoms with van der Waals surface area (Å²) in [6, 6.07) is 12.8. The van der Waals surface area contributed by atoms with Gasteiger partial charge in [0.2, 0.25) is 5.95 Å². The van der Waals surface area contributed by atoms with Crippen molar-refractivity contribution in [2.45, 2.75) is 25.8 Å². The first-order valence-electron chi connectivity index (χ1n) is 11.5. The topological polar surface area (TPSA) is 72.2 Å². The summed E-state index contributed by atoms with van der Waals surface area (Å²) in [6.07, 6.45) is 3.93. The van der Waals surface area contributed by atoms with Crippen LogP contribution in [-0.2, 0) is 0 Å². The number of anilines is 3. The Labute approximate surface area is 203 Å². The fourth-order valence-corrected chi connectivity index (χ4v) is 4.81. The molecule has 2 fully saturated rings. The number of benzene rings is 1. The predicted molar refractivity (Wildman–Crippen MR) is 132 cm³/mol. The average molecular weight is 478 g/mol. The number of hydrogen-bond donors (Lipinski definition) is 0. The predicted octanol–water partition coefficient (Wildman–Crippen LogP) is 4.52. The van der Waals surface area contributed by atoms with E-state index in [0.29, 0.717) is 17.6 Å². The van der Waals surface area contributed by atoms with Crippen LogP contribution in [0.15, 0.2) is 42.6 Å². The second-order valence-corrected chi connectivity index (χ2v) is 9.09. The van der Waals surface area contributed by atoms with Gasteiger partial charge in [-0.05, 0) is 50.1 Å². The van der Waals surface area contributed by atoms with Crippen molar-refractivity contribution >= 4 is 29.2 Å². The van der Waals surface area contributed by atoms with E-state index in [2.05, 4.69) is 32.7 Å². The van der Waals surface area contributed by atoms with Crippen LogP contribution in [-0.4, -0.2) is 53.7 Å². The third kappa shape index (κ3) is 4.36. The normalized spacial score (nSPS) is 18.3. The number of halogens is 2. The molecular weight excluding hydrogens is 453 g/mol. The van der Waals surface area contributed by atoms with Crippen molar-refractivity contribution in [3.05, 3.63) is 59.0 Å². The second-order valence-electron chi connectivity index (χ2n) is 8.69. The SMILES string of the molecule is CC1CCCN1c1nc(-c2ccc(F)c(Cl)c2)cc(N2CCN(c3ncccc3C#N)CC2)n1. The second kappa shape index (κ2) is 9.43. The number of nitriles is 1. The van der Waals surface area contributed by atoms with Gasteiger partial charge >= 0.3 is 0 Å². The molecule has 1 atom stereocenters. The Morgan fingerprint density at radius 1 is 1.06 bits per heavy atom. The summed E-state index contributed by atoms with van der Waals surface area (Å²) in [7, 11) is 0. The molecule has 0 radical (unpaired) electrons. The van der Waals surface area contributed by atoms with Gasteiger partial charge in [0.25, 0.3) is 0 Å². The Hall–Kier alpha value is -3.44. The minimum Gasteiger partial charge on any atom is -0.353 e. The summed E-state index contributed by atoms with van der Waals surface area (Å²) in [6.45, 7) is 6.02. The van der Waals surface area contributed by atoms with E-state index in [-0.39, 0.29) is 5.02 Å². The Bertz CT molecular complexity index is 1240. The van der Waals surface area contributed by atoms with Crippen LogP contribution in [0.2, 0.25) is 5.02 Å². The summed E-state index contributed by atoms with van der Waals surface area (Å²) < 4.78 is 13.8. The van der Waals surface area contributed by atoms with Crippen LogP contribution >= 0.6 is 11.6 Å². The van der Waals surface area contributed by atoms with E-state index in [1.165, 1.54) is 6.07 Å². The lowest BCUT2D eigenvalue weighted by Gasteiger charge is -2.36. The first kappa shape index (κ1) is 22.4. The standard InChI is InChI=1S/C25H25ClFN7/c1-17-4-3-9-34(17)25-30-22(18-6-7-21(27)20(26)14-18)15-23(31-25)32-10-12-33(13-11-32)24-19(16-28)5-2-8-29-24/h2,5-8,14-15,17H,3-4,9-13H2,1H3. The van der Waals surface area contributed by atoms with E-state index in [4.69, 9.17) is 21.6 Å². The van der Waals surface area contributed by atoms with Gasteiger partial charge in [-0.25, -0.2) is 14.4 Å². The van der Waals surface area contributed by atoms with E-state index in [1.54, 1.807) is 30.5 Å². The van der Waals surface area contributed by atoms with Crippen LogP contribution in [0, 0.1) is 17.1 Å².